The van der Waals surface area contributed by atoms with Crippen LogP contribution in [0.2, 0.25) is 5.04 Å². The van der Waals surface area contributed by atoms with Crippen molar-refractivity contribution in [1.29, 1.82) is 0 Å². The molecule has 0 bridgehead atoms. The summed E-state index contributed by atoms with van der Waals surface area (Å²) >= 11 is 0. The molecule has 264 valence electrons. The molecule has 0 fully saturated rings. The minimum absolute atomic E-state index is 0.0450. The molecule has 10 rings (SSSR count). The monoisotopic (exact) mass is 722 g/mol. The van der Waals surface area contributed by atoms with Crippen molar-refractivity contribution in [2.75, 3.05) is 0 Å². The lowest BCUT2D eigenvalue weighted by atomic mass is 10.1. The average molecular weight is 723 g/mol. The van der Waals surface area contributed by atoms with Crippen molar-refractivity contribution in [1.82, 2.24) is 9.13 Å². The largest absolute Gasteiger partial charge is 0.309 e. The van der Waals surface area contributed by atoms with Gasteiger partial charge < -0.3 is 9.13 Å². The molecule has 0 saturated heterocycles. The van der Waals surface area contributed by atoms with Crippen LogP contribution >= 0.6 is 0 Å². The van der Waals surface area contributed by atoms with E-state index in [1.54, 1.807) is 0 Å². The summed E-state index contributed by atoms with van der Waals surface area (Å²) in [5.74, 6) is 0. The number of hydrogen-bond donors (Lipinski definition) is 0. The normalized spacial score (nSPS) is 12.3. The topological polar surface area (TPSA) is 9.86 Å². The van der Waals surface area contributed by atoms with E-state index in [0.29, 0.717) is 0 Å². The second kappa shape index (κ2) is 12.9. The molecular formula is C52H42N2Si. The number of rotatable bonds is 6. The third-order valence-corrected chi connectivity index (χ3v) is 17.7. The van der Waals surface area contributed by atoms with Crippen LogP contribution in [-0.2, 0) is 0 Å². The highest BCUT2D eigenvalue weighted by molar-refractivity contribution is 7.14. The predicted molar refractivity (Wildman–Crippen MR) is 238 cm³/mol. The summed E-state index contributed by atoms with van der Waals surface area (Å²) in [6, 6.07) is 74.2. The minimum Gasteiger partial charge on any atom is -0.309 e. The van der Waals surface area contributed by atoms with Crippen LogP contribution < -0.4 is 15.6 Å². The van der Waals surface area contributed by atoms with E-state index in [1.807, 2.05) is 0 Å². The minimum atomic E-state index is -2.68. The Hall–Kier alpha value is -6.42. The van der Waals surface area contributed by atoms with Crippen molar-refractivity contribution in [3.63, 3.8) is 0 Å². The Labute approximate surface area is 323 Å². The highest BCUT2D eigenvalue weighted by Gasteiger charge is 2.50. The first-order valence-corrected chi connectivity index (χ1v) is 21.3. The van der Waals surface area contributed by atoms with E-state index >= 15 is 0 Å². The summed E-state index contributed by atoms with van der Waals surface area (Å²) < 4.78 is 4.98. The highest BCUT2D eigenvalue weighted by Crippen LogP contribution is 2.42. The first kappa shape index (κ1) is 33.2. The maximum atomic E-state index is 2.55. The molecule has 10 aromatic rings. The standard InChI is InChI=1S/C52H42N2Si/c1-52(2,3)55(40-21-9-5-10-22-40,41-23-11-6-12-24-41)49-32-18-31-48-51(49)43-26-14-16-28-45(43)54(48)47-30-17-29-46-50(47)42-25-13-15-27-44(42)53(46)39-35-33-38(34-36-39)37-19-7-4-8-20-37/h4-36H,1-3H3. The van der Waals surface area contributed by atoms with Gasteiger partial charge in [0.25, 0.3) is 0 Å². The van der Waals surface area contributed by atoms with Gasteiger partial charge in [-0.05, 0) is 74.2 Å². The van der Waals surface area contributed by atoms with Gasteiger partial charge in [-0.2, -0.15) is 0 Å². The molecule has 0 N–H and O–H groups in total. The molecule has 2 heterocycles. The van der Waals surface area contributed by atoms with Gasteiger partial charge in [0.2, 0.25) is 0 Å². The number of hydrogen-bond acceptors (Lipinski definition) is 0. The highest BCUT2D eigenvalue weighted by atomic mass is 28.3. The van der Waals surface area contributed by atoms with Crippen molar-refractivity contribution in [3.05, 3.63) is 200 Å². The fourth-order valence-corrected chi connectivity index (χ4v) is 15.5. The second-order valence-corrected chi connectivity index (χ2v) is 20.4. The molecule has 55 heavy (non-hydrogen) atoms. The Kier molecular flexibility index (Phi) is 7.76. The first-order chi connectivity index (χ1) is 27.0. The zero-order valence-corrected chi connectivity index (χ0v) is 32.4. The Morgan fingerprint density at radius 1 is 0.364 bits per heavy atom. The SMILES string of the molecule is CC(C)(C)[Si](c1ccccc1)(c1ccccc1)c1cccc2c1c1ccccc1n2-c1cccc2c1c1ccccc1n2-c1ccc(-c2ccccc2)cc1. The molecule has 0 saturated carbocycles. The summed E-state index contributed by atoms with van der Waals surface area (Å²) in [6.07, 6.45) is 0. The van der Waals surface area contributed by atoms with Crippen LogP contribution in [0, 0.1) is 0 Å². The van der Waals surface area contributed by atoms with Gasteiger partial charge in [0.15, 0.2) is 8.07 Å². The zero-order valence-electron chi connectivity index (χ0n) is 31.4. The molecule has 2 aromatic heterocycles. The summed E-state index contributed by atoms with van der Waals surface area (Å²) in [5.41, 5.74) is 9.64. The van der Waals surface area contributed by atoms with Crippen molar-refractivity contribution in [3.8, 4) is 22.5 Å². The van der Waals surface area contributed by atoms with Crippen LogP contribution in [0.5, 0.6) is 0 Å². The van der Waals surface area contributed by atoms with E-state index in [1.165, 1.54) is 76.0 Å². The number of benzene rings is 8. The fraction of sp³-hybridized carbons (Fsp3) is 0.0769. The molecule has 3 heteroatoms. The van der Waals surface area contributed by atoms with Crippen LogP contribution in [-0.4, -0.2) is 17.2 Å². The number of nitrogens with zero attached hydrogens (tertiary/aromatic N) is 2. The second-order valence-electron chi connectivity index (χ2n) is 15.7. The van der Waals surface area contributed by atoms with E-state index in [2.05, 4.69) is 230 Å². The lowest BCUT2D eigenvalue weighted by Gasteiger charge is -2.45. The third kappa shape index (κ3) is 5.00. The van der Waals surface area contributed by atoms with Gasteiger partial charge in [-0.15, -0.1) is 0 Å². The molecule has 0 radical (unpaired) electrons. The predicted octanol–water partition coefficient (Wildman–Crippen LogP) is 11.8. The lowest BCUT2D eigenvalue weighted by Crippen LogP contribution is -2.72. The maximum Gasteiger partial charge on any atom is 0.154 e. The number of fused-ring (bicyclic) bond motifs is 6. The summed E-state index contributed by atoms with van der Waals surface area (Å²) in [4.78, 5) is 0. The lowest BCUT2D eigenvalue weighted by molar-refractivity contribution is 0.740. The molecule has 0 aliphatic rings. The molecule has 8 aromatic carbocycles. The molecule has 0 spiro atoms. The van der Waals surface area contributed by atoms with Crippen LogP contribution in [0.4, 0.5) is 0 Å². The summed E-state index contributed by atoms with van der Waals surface area (Å²) in [7, 11) is -2.68. The molecule has 0 unspecified atom stereocenters. The average Bonchev–Trinajstić information content (AvgIpc) is 3.75. The van der Waals surface area contributed by atoms with Gasteiger partial charge in [-0.3, -0.25) is 0 Å². The van der Waals surface area contributed by atoms with Gasteiger partial charge in [0.05, 0.1) is 27.8 Å². The van der Waals surface area contributed by atoms with E-state index in [-0.39, 0.29) is 5.04 Å². The summed E-state index contributed by atoms with van der Waals surface area (Å²) in [6.45, 7) is 7.37. The maximum absolute atomic E-state index is 2.68. The van der Waals surface area contributed by atoms with E-state index in [0.717, 1.165) is 5.69 Å². The van der Waals surface area contributed by atoms with Gasteiger partial charge in [-0.1, -0.05) is 178 Å². The molecule has 0 aliphatic carbocycles. The smallest absolute Gasteiger partial charge is 0.154 e. The molecule has 2 nitrogen and oxygen atoms in total. The van der Waals surface area contributed by atoms with Gasteiger partial charge in [0, 0.05) is 27.2 Å². The Morgan fingerprint density at radius 3 is 1.42 bits per heavy atom. The van der Waals surface area contributed by atoms with Gasteiger partial charge >= 0.3 is 0 Å². The molecular weight excluding hydrogens is 681 g/mol. The van der Waals surface area contributed by atoms with Gasteiger partial charge in [0.1, 0.15) is 0 Å². The summed E-state index contributed by atoms with van der Waals surface area (Å²) in [5, 5.41) is 9.42. The van der Waals surface area contributed by atoms with E-state index in [4.69, 9.17) is 0 Å². The Balaban J connectivity index is 1.29. The number of aromatic nitrogens is 2. The van der Waals surface area contributed by atoms with Gasteiger partial charge in [-0.25, -0.2) is 0 Å². The van der Waals surface area contributed by atoms with Crippen molar-refractivity contribution in [2.24, 2.45) is 0 Å². The Bertz CT molecular complexity index is 2950. The molecule has 0 aliphatic heterocycles. The third-order valence-electron chi connectivity index (χ3n) is 11.8. The first-order valence-electron chi connectivity index (χ1n) is 19.3. The van der Waals surface area contributed by atoms with Crippen molar-refractivity contribution >= 4 is 67.2 Å². The number of para-hydroxylation sites is 2. The van der Waals surface area contributed by atoms with Crippen LogP contribution in [0.25, 0.3) is 66.1 Å². The van der Waals surface area contributed by atoms with Crippen LogP contribution in [0.15, 0.2) is 200 Å². The molecule has 0 amide bonds. The van der Waals surface area contributed by atoms with Crippen LogP contribution in [0.1, 0.15) is 20.8 Å². The van der Waals surface area contributed by atoms with Crippen molar-refractivity contribution < 1.29 is 0 Å². The zero-order chi connectivity index (χ0) is 37.1. The fourth-order valence-electron chi connectivity index (χ4n) is 9.61. The van der Waals surface area contributed by atoms with Crippen molar-refractivity contribution in [2.45, 2.75) is 25.8 Å². The quantitative estimate of drug-likeness (QED) is 0.119. The molecule has 0 atom stereocenters. The Morgan fingerprint density at radius 2 is 0.818 bits per heavy atom. The van der Waals surface area contributed by atoms with Crippen LogP contribution in [0.3, 0.4) is 0 Å². The van der Waals surface area contributed by atoms with E-state index < -0.39 is 8.07 Å². The van der Waals surface area contributed by atoms with E-state index in [9.17, 15) is 0 Å².